The third-order valence-electron chi connectivity index (χ3n) is 2.52. The Hall–Kier alpha value is -0.870. The van der Waals surface area contributed by atoms with E-state index >= 15 is 0 Å². The molecule has 0 N–H and O–H groups in total. The Morgan fingerprint density at radius 3 is 2.40 bits per heavy atom. The maximum absolute atomic E-state index is 5.37. The van der Waals surface area contributed by atoms with Crippen LogP contribution in [0.5, 0.6) is 0 Å². The predicted molar refractivity (Wildman–Crippen MR) is 69.3 cm³/mol. The van der Waals surface area contributed by atoms with Crippen molar-refractivity contribution < 1.29 is 0 Å². The van der Waals surface area contributed by atoms with Gasteiger partial charge in [0.25, 0.3) is 0 Å². The van der Waals surface area contributed by atoms with Gasteiger partial charge in [-0.1, -0.05) is 26.0 Å². The Kier molecular flexibility index (Phi) is 5.36. The summed E-state index contributed by atoms with van der Waals surface area (Å²) >= 11 is 1.88. The largest absolute Gasteiger partial charge is 0.126 e. The van der Waals surface area contributed by atoms with E-state index in [1.165, 1.54) is 10.5 Å². The molecule has 1 heteroatoms. The van der Waals surface area contributed by atoms with Gasteiger partial charge >= 0.3 is 0 Å². The smallest absolute Gasteiger partial charge is 0.0155 e. The number of hydrogen-bond donors (Lipinski definition) is 0. The summed E-state index contributed by atoms with van der Waals surface area (Å²) in [6, 6.07) is 8.82. The molecule has 0 radical (unpaired) electrons. The number of thioether (sulfide) groups is 1. The van der Waals surface area contributed by atoms with Gasteiger partial charge in [0.1, 0.15) is 0 Å². The highest BCUT2D eigenvalue weighted by Crippen LogP contribution is 2.25. The van der Waals surface area contributed by atoms with E-state index in [9.17, 15) is 0 Å². The molecular weight excluding hydrogens is 200 g/mol. The number of hydrogen-bond acceptors (Lipinski definition) is 1. The van der Waals surface area contributed by atoms with Crippen molar-refractivity contribution in [1.82, 2.24) is 0 Å². The van der Waals surface area contributed by atoms with Crippen LogP contribution in [0, 0.1) is 12.3 Å². The van der Waals surface area contributed by atoms with E-state index in [1.807, 2.05) is 11.8 Å². The Morgan fingerprint density at radius 1 is 1.27 bits per heavy atom. The first kappa shape index (κ1) is 12.2. The van der Waals surface area contributed by atoms with Crippen molar-refractivity contribution >= 4 is 11.8 Å². The van der Waals surface area contributed by atoms with Crippen molar-refractivity contribution in [2.45, 2.75) is 37.5 Å². The summed E-state index contributed by atoms with van der Waals surface area (Å²) in [5, 5.41) is 0. The molecule has 15 heavy (non-hydrogen) atoms. The van der Waals surface area contributed by atoms with Crippen molar-refractivity contribution in [3.8, 4) is 12.3 Å². The minimum atomic E-state index is 0.524. The van der Waals surface area contributed by atoms with Gasteiger partial charge in [-0.2, -0.15) is 0 Å². The molecule has 1 rings (SSSR count). The first-order valence-electron chi connectivity index (χ1n) is 5.48. The van der Waals surface area contributed by atoms with Crippen molar-refractivity contribution in [2.24, 2.45) is 0 Å². The van der Waals surface area contributed by atoms with Gasteiger partial charge in [-0.05, 0) is 35.8 Å². The molecule has 0 aliphatic heterocycles. The molecule has 0 saturated carbocycles. The highest BCUT2D eigenvalue weighted by atomic mass is 32.2. The quantitative estimate of drug-likeness (QED) is 0.524. The van der Waals surface area contributed by atoms with Crippen LogP contribution in [0.1, 0.15) is 38.2 Å². The molecule has 0 heterocycles. The molecule has 1 atom stereocenters. The molecule has 80 valence electrons. The monoisotopic (exact) mass is 218 g/mol. The summed E-state index contributed by atoms with van der Waals surface area (Å²) in [6.07, 6.45) is 7.33. The molecule has 0 fully saturated rings. The summed E-state index contributed by atoms with van der Waals surface area (Å²) in [7, 11) is 0. The average molecular weight is 218 g/mol. The lowest BCUT2D eigenvalue weighted by atomic mass is 9.94. The van der Waals surface area contributed by atoms with Gasteiger partial charge in [-0.15, -0.1) is 24.1 Å². The molecule has 0 saturated heterocycles. The first-order chi connectivity index (χ1) is 7.31. The molecule has 1 aromatic carbocycles. The van der Waals surface area contributed by atoms with Gasteiger partial charge in [0.2, 0.25) is 0 Å². The summed E-state index contributed by atoms with van der Waals surface area (Å²) in [4.78, 5) is 1.34. The number of terminal acetylenes is 1. The lowest BCUT2D eigenvalue weighted by molar-refractivity contribution is 0.684. The fraction of sp³-hybridized carbons (Fsp3) is 0.429. The van der Waals surface area contributed by atoms with E-state index in [0.29, 0.717) is 5.92 Å². The van der Waals surface area contributed by atoms with Crippen LogP contribution in [0.4, 0.5) is 0 Å². The zero-order chi connectivity index (χ0) is 11.1. The van der Waals surface area contributed by atoms with E-state index in [-0.39, 0.29) is 0 Å². The van der Waals surface area contributed by atoms with Gasteiger partial charge < -0.3 is 0 Å². The molecule has 1 aromatic rings. The summed E-state index contributed by atoms with van der Waals surface area (Å²) in [5.41, 5.74) is 1.37. The van der Waals surface area contributed by atoms with Gasteiger partial charge in [0.15, 0.2) is 0 Å². The highest BCUT2D eigenvalue weighted by Gasteiger charge is 2.07. The minimum absolute atomic E-state index is 0.524. The molecular formula is C14H18S. The van der Waals surface area contributed by atoms with Gasteiger partial charge in [0.05, 0.1) is 0 Å². The zero-order valence-corrected chi connectivity index (χ0v) is 10.3. The van der Waals surface area contributed by atoms with Gasteiger partial charge in [-0.3, -0.25) is 0 Å². The van der Waals surface area contributed by atoms with Crippen LogP contribution in [0.25, 0.3) is 0 Å². The molecule has 0 aliphatic carbocycles. The molecule has 0 spiro atoms. The number of rotatable bonds is 5. The molecule has 1 unspecified atom stereocenters. The van der Waals surface area contributed by atoms with E-state index in [2.05, 4.69) is 44.0 Å². The third kappa shape index (κ3) is 3.64. The topological polar surface area (TPSA) is 0 Å². The minimum Gasteiger partial charge on any atom is -0.126 e. The summed E-state index contributed by atoms with van der Waals surface area (Å²) in [6.45, 7) is 4.36. The number of benzene rings is 1. The van der Waals surface area contributed by atoms with Crippen molar-refractivity contribution in [1.29, 1.82) is 0 Å². The van der Waals surface area contributed by atoms with E-state index in [4.69, 9.17) is 6.42 Å². The normalized spacial score (nSPS) is 12.1. The van der Waals surface area contributed by atoms with Gasteiger partial charge in [0, 0.05) is 11.3 Å². The van der Waals surface area contributed by atoms with Crippen LogP contribution in [-0.4, -0.2) is 5.75 Å². The van der Waals surface area contributed by atoms with Crippen LogP contribution >= 0.6 is 11.8 Å². The Morgan fingerprint density at radius 2 is 1.93 bits per heavy atom. The Labute approximate surface area is 97.5 Å². The Bertz CT molecular complexity index is 318. The van der Waals surface area contributed by atoms with Crippen LogP contribution in [0.2, 0.25) is 0 Å². The fourth-order valence-electron chi connectivity index (χ4n) is 1.64. The highest BCUT2D eigenvalue weighted by molar-refractivity contribution is 7.99. The molecule has 0 amide bonds. The van der Waals surface area contributed by atoms with Crippen LogP contribution in [-0.2, 0) is 0 Å². The SMILES string of the molecule is C#CCC(CC)c1ccc(SCC)cc1. The van der Waals surface area contributed by atoms with E-state index < -0.39 is 0 Å². The maximum atomic E-state index is 5.37. The first-order valence-corrected chi connectivity index (χ1v) is 6.46. The fourth-order valence-corrected chi connectivity index (χ4v) is 2.30. The van der Waals surface area contributed by atoms with Gasteiger partial charge in [-0.25, -0.2) is 0 Å². The second-order valence-electron chi connectivity index (χ2n) is 3.52. The third-order valence-corrected chi connectivity index (χ3v) is 3.41. The average Bonchev–Trinajstić information content (AvgIpc) is 2.28. The van der Waals surface area contributed by atoms with Crippen LogP contribution in [0.15, 0.2) is 29.2 Å². The molecule has 0 nitrogen and oxygen atoms in total. The van der Waals surface area contributed by atoms with Crippen molar-refractivity contribution in [3.05, 3.63) is 29.8 Å². The molecule has 0 aromatic heterocycles. The zero-order valence-electron chi connectivity index (χ0n) is 9.49. The van der Waals surface area contributed by atoms with Crippen molar-refractivity contribution in [2.75, 3.05) is 5.75 Å². The summed E-state index contributed by atoms with van der Waals surface area (Å²) < 4.78 is 0. The lowest BCUT2D eigenvalue weighted by Gasteiger charge is -2.12. The standard InChI is InChI=1S/C14H18S/c1-4-7-12(5-2)13-8-10-14(11-9-13)15-6-3/h1,8-12H,5-7H2,2-3H3. The lowest BCUT2D eigenvalue weighted by Crippen LogP contribution is -1.95. The maximum Gasteiger partial charge on any atom is 0.0155 e. The van der Waals surface area contributed by atoms with E-state index in [1.54, 1.807) is 0 Å². The summed E-state index contributed by atoms with van der Waals surface area (Å²) in [5.74, 6) is 4.40. The second kappa shape index (κ2) is 6.58. The van der Waals surface area contributed by atoms with E-state index in [0.717, 1.165) is 18.6 Å². The predicted octanol–water partition coefficient (Wildman–Crippen LogP) is 4.32. The second-order valence-corrected chi connectivity index (χ2v) is 4.85. The molecule has 0 bridgehead atoms. The molecule has 0 aliphatic rings. The van der Waals surface area contributed by atoms with Crippen molar-refractivity contribution in [3.63, 3.8) is 0 Å². The Balaban J connectivity index is 2.73. The van der Waals surface area contributed by atoms with Crippen LogP contribution < -0.4 is 0 Å². The van der Waals surface area contributed by atoms with Crippen LogP contribution in [0.3, 0.4) is 0 Å².